The van der Waals surface area contributed by atoms with Gasteiger partial charge in [-0.2, -0.15) is 0 Å². The van der Waals surface area contributed by atoms with Crippen molar-refractivity contribution in [3.63, 3.8) is 0 Å². The van der Waals surface area contributed by atoms with Gasteiger partial charge in [-0.1, -0.05) is 56.1 Å². The molecule has 0 fully saturated rings. The quantitative estimate of drug-likeness (QED) is 0.325. The third-order valence-corrected chi connectivity index (χ3v) is 5.12. The van der Waals surface area contributed by atoms with E-state index in [-0.39, 0.29) is 0 Å². The van der Waals surface area contributed by atoms with E-state index in [1.54, 1.807) is 0 Å². The third-order valence-electron chi connectivity index (χ3n) is 4.14. The average molecular weight is 466 g/mol. The van der Waals surface area contributed by atoms with Crippen molar-refractivity contribution in [2.24, 2.45) is 0 Å². The molecule has 4 rings (SSSR count). The van der Waals surface area contributed by atoms with Crippen LogP contribution < -0.4 is 0 Å². The summed E-state index contributed by atoms with van der Waals surface area (Å²) in [5.74, 6) is 0. The molecule has 0 saturated heterocycles. The van der Waals surface area contributed by atoms with Gasteiger partial charge in [0.2, 0.25) is 0 Å². The molecule has 0 atom stereocenters. The van der Waals surface area contributed by atoms with Gasteiger partial charge in [0.25, 0.3) is 0 Å². The van der Waals surface area contributed by atoms with Crippen LogP contribution in [0.4, 0.5) is 0 Å². The molecule has 126 valence electrons. The van der Waals surface area contributed by atoms with Crippen LogP contribution >= 0.6 is 31.9 Å². The number of benzene rings is 2. The lowest BCUT2D eigenvalue weighted by atomic mass is 9.92. The van der Waals surface area contributed by atoms with Crippen LogP contribution in [0.1, 0.15) is 0 Å². The zero-order valence-electron chi connectivity index (χ0n) is 13.7. The number of pyridine rings is 2. The van der Waals surface area contributed by atoms with Crippen molar-refractivity contribution < 1.29 is 0 Å². The Morgan fingerprint density at radius 2 is 0.962 bits per heavy atom. The summed E-state index contributed by atoms with van der Waals surface area (Å²) < 4.78 is 2.05. The van der Waals surface area contributed by atoms with Crippen LogP contribution in [0.5, 0.6) is 0 Å². The van der Waals surface area contributed by atoms with Gasteiger partial charge in [0.1, 0.15) is 0 Å². The highest BCUT2D eigenvalue weighted by molar-refractivity contribution is 9.10. The van der Waals surface area contributed by atoms with E-state index in [1.165, 1.54) is 0 Å². The van der Waals surface area contributed by atoms with E-state index in [2.05, 4.69) is 66.1 Å². The molecule has 0 N–H and O–H groups in total. The van der Waals surface area contributed by atoms with E-state index < -0.39 is 0 Å². The molecule has 4 heteroatoms. The summed E-state index contributed by atoms with van der Waals surface area (Å²) in [6.07, 6.45) is 3.64. The molecular weight excluding hydrogens is 452 g/mol. The molecule has 4 aromatic rings. The highest BCUT2D eigenvalue weighted by Gasteiger charge is 2.15. The van der Waals surface area contributed by atoms with Crippen LogP contribution in [0.15, 0.2) is 94.1 Å². The first kappa shape index (κ1) is 17.1. The predicted octanol–water partition coefficient (Wildman–Crippen LogP) is 7.00. The highest BCUT2D eigenvalue weighted by Crippen LogP contribution is 2.39. The van der Waals surface area contributed by atoms with Crippen molar-refractivity contribution in [1.29, 1.82) is 0 Å². The molecule has 26 heavy (non-hydrogen) atoms. The SMILES string of the molecule is Brc1ccc(-c2ccccn2)c(-c2cc(Br)ccc2-c2ccccn2)c1. The van der Waals surface area contributed by atoms with Gasteiger partial charge in [-0.15, -0.1) is 0 Å². The van der Waals surface area contributed by atoms with Crippen molar-refractivity contribution in [3.8, 4) is 33.6 Å². The molecule has 0 amide bonds. The molecule has 0 radical (unpaired) electrons. The molecule has 0 bridgehead atoms. The monoisotopic (exact) mass is 464 g/mol. The maximum atomic E-state index is 4.55. The Kier molecular flexibility index (Phi) is 4.96. The lowest BCUT2D eigenvalue weighted by Crippen LogP contribution is -1.92. The fourth-order valence-electron chi connectivity index (χ4n) is 2.97. The van der Waals surface area contributed by atoms with Crippen molar-refractivity contribution in [2.45, 2.75) is 0 Å². The maximum Gasteiger partial charge on any atom is 0.0708 e. The number of rotatable bonds is 3. The molecule has 2 aromatic heterocycles. The van der Waals surface area contributed by atoms with Crippen molar-refractivity contribution in [1.82, 2.24) is 9.97 Å². The Hall–Kier alpha value is -2.30. The van der Waals surface area contributed by atoms with E-state index in [9.17, 15) is 0 Å². The topological polar surface area (TPSA) is 25.8 Å². The average Bonchev–Trinajstić information content (AvgIpc) is 2.69. The fourth-order valence-corrected chi connectivity index (χ4v) is 3.69. The van der Waals surface area contributed by atoms with Gasteiger partial charge in [-0.25, -0.2) is 0 Å². The van der Waals surface area contributed by atoms with E-state index in [4.69, 9.17) is 0 Å². The summed E-state index contributed by atoms with van der Waals surface area (Å²) in [5.41, 5.74) is 6.29. The van der Waals surface area contributed by atoms with Crippen LogP contribution in [0.2, 0.25) is 0 Å². The minimum atomic E-state index is 0.946. The van der Waals surface area contributed by atoms with Crippen molar-refractivity contribution >= 4 is 31.9 Å². The van der Waals surface area contributed by atoms with Gasteiger partial charge in [0, 0.05) is 32.5 Å². The highest BCUT2D eigenvalue weighted by atomic mass is 79.9. The standard InChI is InChI=1S/C22H14Br2N2/c23-15-7-9-17(21-5-1-3-11-25-21)19(13-15)20-14-16(24)8-10-18(20)22-6-2-4-12-26-22/h1-14H. The minimum Gasteiger partial charge on any atom is -0.256 e. The lowest BCUT2D eigenvalue weighted by molar-refractivity contribution is 1.31. The Morgan fingerprint density at radius 1 is 0.500 bits per heavy atom. The summed E-state index contributed by atoms with van der Waals surface area (Å²) in [6.45, 7) is 0. The second kappa shape index (κ2) is 7.52. The van der Waals surface area contributed by atoms with E-state index in [0.29, 0.717) is 0 Å². The Balaban J connectivity index is 2.00. The third kappa shape index (κ3) is 3.48. The second-order valence-corrected chi connectivity index (χ2v) is 7.64. The van der Waals surface area contributed by atoms with Gasteiger partial charge in [-0.3, -0.25) is 9.97 Å². The lowest BCUT2D eigenvalue weighted by Gasteiger charge is -2.15. The zero-order valence-corrected chi connectivity index (χ0v) is 16.9. The molecule has 0 aliphatic carbocycles. The number of hydrogen-bond acceptors (Lipinski definition) is 2. The molecule has 2 heterocycles. The van der Waals surface area contributed by atoms with Gasteiger partial charge in [0.05, 0.1) is 11.4 Å². The molecule has 2 aromatic carbocycles. The predicted molar refractivity (Wildman–Crippen MR) is 114 cm³/mol. The summed E-state index contributed by atoms with van der Waals surface area (Å²) in [6, 6.07) is 24.5. The van der Waals surface area contributed by atoms with Gasteiger partial charge < -0.3 is 0 Å². The second-order valence-electron chi connectivity index (χ2n) is 5.81. The van der Waals surface area contributed by atoms with Crippen LogP contribution in [0.25, 0.3) is 33.6 Å². The van der Waals surface area contributed by atoms with Crippen LogP contribution in [-0.2, 0) is 0 Å². The summed E-state index contributed by atoms with van der Waals surface area (Å²) >= 11 is 7.24. The normalized spacial score (nSPS) is 10.7. The Bertz CT molecular complexity index is 961. The Labute approximate surface area is 169 Å². The number of halogens is 2. The molecule has 2 nitrogen and oxygen atoms in total. The van der Waals surface area contributed by atoms with E-state index >= 15 is 0 Å². The molecule has 0 unspecified atom stereocenters. The van der Waals surface area contributed by atoms with Gasteiger partial charge >= 0.3 is 0 Å². The molecular formula is C22H14Br2N2. The number of hydrogen-bond donors (Lipinski definition) is 0. The molecule has 0 aliphatic heterocycles. The smallest absolute Gasteiger partial charge is 0.0708 e. The molecule has 0 aliphatic rings. The zero-order chi connectivity index (χ0) is 17.9. The van der Waals surface area contributed by atoms with Crippen LogP contribution in [0, 0.1) is 0 Å². The van der Waals surface area contributed by atoms with Gasteiger partial charge in [0.15, 0.2) is 0 Å². The van der Waals surface area contributed by atoms with E-state index in [1.807, 2.05) is 60.9 Å². The largest absolute Gasteiger partial charge is 0.256 e. The first-order chi connectivity index (χ1) is 12.7. The first-order valence-corrected chi connectivity index (χ1v) is 9.73. The molecule has 0 spiro atoms. The van der Waals surface area contributed by atoms with Crippen molar-refractivity contribution in [3.05, 3.63) is 94.1 Å². The minimum absolute atomic E-state index is 0.946. The van der Waals surface area contributed by atoms with Gasteiger partial charge in [-0.05, 0) is 59.7 Å². The first-order valence-electron chi connectivity index (χ1n) is 8.14. The maximum absolute atomic E-state index is 4.55. The molecule has 0 saturated carbocycles. The van der Waals surface area contributed by atoms with Crippen LogP contribution in [0.3, 0.4) is 0 Å². The fraction of sp³-hybridized carbons (Fsp3) is 0. The summed E-state index contributed by atoms with van der Waals surface area (Å²) in [7, 11) is 0. The Morgan fingerprint density at radius 3 is 1.35 bits per heavy atom. The summed E-state index contributed by atoms with van der Waals surface area (Å²) in [5, 5.41) is 0. The van der Waals surface area contributed by atoms with Crippen LogP contribution in [-0.4, -0.2) is 9.97 Å². The van der Waals surface area contributed by atoms with E-state index in [0.717, 1.165) is 42.6 Å². The summed E-state index contributed by atoms with van der Waals surface area (Å²) in [4.78, 5) is 9.09. The number of aromatic nitrogens is 2. The van der Waals surface area contributed by atoms with Crippen molar-refractivity contribution in [2.75, 3.05) is 0 Å². The number of nitrogens with zero attached hydrogens (tertiary/aromatic N) is 2.